The number of primary amides is 1. The summed E-state index contributed by atoms with van der Waals surface area (Å²) < 4.78 is 1.00. The molecule has 3 N–H and O–H groups in total. The lowest BCUT2D eigenvalue weighted by molar-refractivity contribution is -0.122. The Hall–Kier alpha value is -1.03. The third-order valence-electron chi connectivity index (χ3n) is 4.74. The molecule has 1 aromatic rings. The lowest BCUT2D eigenvalue weighted by Gasteiger charge is -2.32. The summed E-state index contributed by atoms with van der Waals surface area (Å²) in [7, 11) is 0. The predicted molar refractivity (Wildman–Crippen MR) is 91.1 cm³/mol. The van der Waals surface area contributed by atoms with Gasteiger partial charge in [-0.05, 0) is 49.3 Å². The molecule has 0 aromatic heterocycles. The van der Waals surface area contributed by atoms with Gasteiger partial charge in [-0.2, -0.15) is 0 Å². The Morgan fingerprint density at radius 3 is 2.76 bits per heavy atom. The van der Waals surface area contributed by atoms with E-state index in [1.165, 1.54) is 6.42 Å². The number of amides is 1. The highest BCUT2D eigenvalue weighted by Crippen LogP contribution is 2.36. The van der Waals surface area contributed by atoms with Gasteiger partial charge in [0.25, 0.3) is 0 Å². The van der Waals surface area contributed by atoms with E-state index < -0.39 is 5.54 Å². The fraction of sp³-hybridized carbons (Fsp3) is 0.588. The Balaban J connectivity index is 2.19. The van der Waals surface area contributed by atoms with E-state index in [9.17, 15) is 4.79 Å². The van der Waals surface area contributed by atoms with Crippen LogP contribution in [-0.4, -0.2) is 11.4 Å². The molecule has 1 saturated carbocycles. The molecule has 0 radical (unpaired) electrons. The topological polar surface area (TPSA) is 55.1 Å². The largest absolute Gasteiger partial charge is 0.371 e. The van der Waals surface area contributed by atoms with Gasteiger partial charge in [-0.15, -0.1) is 0 Å². The number of nitrogens with one attached hydrogen (secondary N) is 1. The number of carbonyl (C=O) groups is 1. The zero-order valence-electron chi connectivity index (χ0n) is 12.9. The summed E-state index contributed by atoms with van der Waals surface area (Å²) in [6.45, 7) is 4.54. The second-order valence-corrected chi connectivity index (χ2v) is 7.43. The monoisotopic (exact) mass is 352 g/mol. The maximum Gasteiger partial charge on any atom is 0.243 e. The average Bonchev–Trinajstić information content (AvgIpc) is 2.62. The summed E-state index contributed by atoms with van der Waals surface area (Å²) in [5.74, 6) is 1.13. The molecule has 3 nitrogen and oxygen atoms in total. The Labute approximate surface area is 135 Å². The van der Waals surface area contributed by atoms with Gasteiger partial charge in [0.05, 0.1) is 0 Å². The van der Waals surface area contributed by atoms with Crippen molar-refractivity contribution in [1.82, 2.24) is 0 Å². The number of nitrogens with two attached hydrogens (primary N) is 1. The number of hydrogen-bond acceptors (Lipinski definition) is 2. The van der Waals surface area contributed by atoms with Crippen LogP contribution in [0.25, 0.3) is 0 Å². The summed E-state index contributed by atoms with van der Waals surface area (Å²) in [6, 6.07) is 7.93. The molecule has 2 unspecified atom stereocenters. The molecule has 2 atom stereocenters. The number of benzene rings is 1. The molecule has 1 fully saturated rings. The van der Waals surface area contributed by atoms with E-state index in [0.717, 1.165) is 35.8 Å². The fourth-order valence-electron chi connectivity index (χ4n) is 3.31. The van der Waals surface area contributed by atoms with Crippen molar-refractivity contribution in [3.05, 3.63) is 28.7 Å². The molecule has 0 bridgehead atoms. The van der Waals surface area contributed by atoms with Crippen molar-refractivity contribution in [2.24, 2.45) is 17.6 Å². The predicted octanol–water partition coefficient (Wildman–Crippen LogP) is 4.32. The standard InChI is InChI=1S/C17H25BrN2O/c1-12(2)13-5-4-9-17(10-8-13,16(19)21)20-15-7-3-6-14(18)11-15/h3,6-7,11-13,20H,4-5,8-10H2,1-2H3,(H2,19,21). The second-order valence-electron chi connectivity index (χ2n) is 6.52. The van der Waals surface area contributed by atoms with Crippen LogP contribution in [0.4, 0.5) is 5.69 Å². The van der Waals surface area contributed by atoms with Gasteiger partial charge >= 0.3 is 0 Å². The molecule has 1 aliphatic carbocycles. The molecule has 0 heterocycles. The summed E-state index contributed by atoms with van der Waals surface area (Å²) in [4.78, 5) is 12.1. The zero-order valence-corrected chi connectivity index (χ0v) is 14.4. The third kappa shape index (κ3) is 4.00. The Bertz CT molecular complexity index is 503. The quantitative estimate of drug-likeness (QED) is 0.792. The van der Waals surface area contributed by atoms with Crippen LogP contribution in [0.5, 0.6) is 0 Å². The van der Waals surface area contributed by atoms with Crippen LogP contribution < -0.4 is 11.1 Å². The molecule has 1 aliphatic rings. The number of halogens is 1. The van der Waals surface area contributed by atoms with E-state index >= 15 is 0 Å². The van der Waals surface area contributed by atoms with E-state index in [0.29, 0.717) is 11.8 Å². The molecule has 4 heteroatoms. The van der Waals surface area contributed by atoms with Crippen LogP contribution in [0.15, 0.2) is 28.7 Å². The molecular weight excluding hydrogens is 328 g/mol. The van der Waals surface area contributed by atoms with Crippen LogP contribution in [0, 0.1) is 11.8 Å². The van der Waals surface area contributed by atoms with Crippen LogP contribution in [0.2, 0.25) is 0 Å². The smallest absolute Gasteiger partial charge is 0.243 e. The highest BCUT2D eigenvalue weighted by Gasteiger charge is 2.38. The molecule has 0 spiro atoms. The first-order valence-corrected chi connectivity index (χ1v) is 8.56. The maximum atomic E-state index is 12.1. The maximum absolute atomic E-state index is 12.1. The first-order chi connectivity index (χ1) is 9.93. The first-order valence-electron chi connectivity index (χ1n) is 7.76. The van der Waals surface area contributed by atoms with Gasteiger partial charge < -0.3 is 11.1 Å². The van der Waals surface area contributed by atoms with Crippen LogP contribution >= 0.6 is 15.9 Å². The lowest BCUT2D eigenvalue weighted by atomic mass is 9.86. The number of carbonyl (C=O) groups excluding carboxylic acids is 1. The number of anilines is 1. The number of hydrogen-bond donors (Lipinski definition) is 2. The fourth-order valence-corrected chi connectivity index (χ4v) is 3.71. The van der Waals surface area contributed by atoms with E-state index in [4.69, 9.17) is 5.73 Å². The molecule has 21 heavy (non-hydrogen) atoms. The molecule has 0 saturated heterocycles. The van der Waals surface area contributed by atoms with Gasteiger partial charge in [-0.3, -0.25) is 4.79 Å². The Morgan fingerprint density at radius 1 is 1.38 bits per heavy atom. The highest BCUT2D eigenvalue weighted by atomic mass is 79.9. The van der Waals surface area contributed by atoms with E-state index in [-0.39, 0.29) is 5.91 Å². The van der Waals surface area contributed by atoms with Gasteiger partial charge in [0.15, 0.2) is 0 Å². The zero-order chi connectivity index (χ0) is 15.5. The molecule has 116 valence electrons. The molecule has 1 aromatic carbocycles. The van der Waals surface area contributed by atoms with Crippen molar-refractivity contribution in [3.8, 4) is 0 Å². The highest BCUT2D eigenvalue weighted by molar-refractivity contribution is 9.10. The molecular formula is C17H25BrN2O. The van der Waals surface area contributed by atoms with Crippen molar-refractivity contribution >= 4 is 27.5 Å². The van der Waals surface area contributed by atoms with Gasteiger partial charge in [0, 0.05) is 10.2 Å². The van der Waals surface area contributed by atoms with Gasteiger partial charge in [0.2, 0.25) is 5.91 Å². The van der Waals surface area contributed by atoms with Crippen molar-refractivity contribution in [2.45, 2.75) is 51.5 Å². The van der Waals surface area contributed by atoms with E-state index in [1.54, 1.807) is 0 Å². The summed E-state index contributed by atoms with van der Waals surface area (Å²) in [6.07, 6.45) is 4.93. The van der Waals surface area contributed by atoms with Crippen molar-refractivity contribution in [2.75, 3.05) is 5.32 Å². The SMILES string of the molecule is CC(C)C1CCCC(Nc2cccc(Br)c2)(C(N)=O)CC1. The first kappa shape index (κ1) is 16.3. The van der Waals surface area contributed by atoms with Gasteiger partial charge in [-0.25, -0.2) is 0 Å². The minimum absolute atomic E-state index is 0.230. The second kappa shape index (κ2) is 6.82. The molecule has 1 amide bonds. The molecule has 2 rings (SSSR count). The number of rotatable bonds is 4. The summed E-state index contributed by atoms with van der Waals surface area (Å²) in [5.41, 5.74) is 6.11. The van der Waals surface area contributed by atoms with Crippen molar-refractivity contribution in [1.29, 1.82) is 0 Å². The lowest BCUT2D eigenvalue weighted by Crippen LogP contribution is -2.50. The van der Waals surface area contributed by atoms with Crippen molar-refractivity contribution in [3.63, 3.8) is 0 Å². The summed E-state index contributed by atoms with van der Waals surface area (Å²) >= 11 is 3.47. The third-order valence-corrected chi connectivity index (χ3v) is 5.24. The summed E-state index contributed by atoms with van der Waals surface area (Å²) in [5, 5.41) is 3.43. The van der Waals surface area contributed by atoms with Crippen LogP contribution in [0.1, 0.15) is 46.0 Å². The Kier molecular flexibility index (Phi) is 5.31. The minimum Gasteiger partial charge on any atom is -0.371 e. The van der Waals surface area contributed by atoms with Gasteiger partial charge in [-0.1, -0.05) is 48.7 Å². The Morgan fingerprint density at radius 2 is 2.14 bits per heavy atom. The van der Waals surface area contributed by atoms with Crippen LogP contribution in [0.3, 0.4) is 0 Å². The van der Waals surface area contributed by atoms with E-state index in [1.807, 2.05) is 24.3 Å². The van der Waals surface area contributed by atoms with Crippen LogP contribution in [-0.2, 0) is 4.79 Å². The average molecular weight is 353 g/mol. The van der Waals surface area contributed by atoms with Crippen molar-refractivity contribution < 1.29 is 4.79 Å². The minimum atomic E-state index is -0.607. The molecule has 0 aliphatic heterocycles. The van der Waals surface area contributed by atoms with Gasteiger partial charge in [0.1, 0.15) is 5.54 Å². The normalized spacial score (nSPS) is 26.4. The van der Waals surface area contributed by atoms with E-state index in [2.05, 4.69) is 35.1 Å².